The number of aryl methyl sites for hydroxylation is 2. The van der Waals surface area contributed by atoms with Crippen LogP contribution >= 0.6 is 23.1 Å². The lowest BCUT2D eigenvalue weighted by molar-refractivity contribution is 0.778. The highest BCUT2D eigenvalue weighted by Gasteiger charge is 2.01. The second-order valence-electron chi connectivity index (χ2n) is 3.70. The third kappa shape index (κ3) is 4.05. The number of rotatable bonds is 6. The van der Waals surface area contributed by atoms with Gasteiger partial charge in [0.2, 0.25) is 0 Å². The Morgan fingerprint density at radius 2 is 2.07 bits per heavy atom. The van der Waals surface area contributed by atoms with Gasteiger partial charge in [0.25, 0.3) is 0 Å². The highest BCUT2D eigenvalue weighted by Crippen LogP contribution is 2.24. The van der Waals surface area contributed by atoms with Crippen LogP contribution in [0.15, 0.2) is 6.07 Å². The summed E-state index contributed by atoms with van der Waals surface area (Å²) in [5, 5.41) is 0. The van der Waals surface area contributed by atoms with Gasteiger partial charge in [-0.15, -0.1) is 11.3 Å². The summed E-state index contributed by atoms with van der Waals surface area (Å²) >= 11 is 4.00. The standard InChI is InChI=1S/C12H20S2/c1-4-5-6-7-13-9-12-8-10(2)14-11(12)3/h8H,4-7,9H2,1-3H3. The van der Waals surface area contributed by atoms with Gasteiger partial charge in [-0.1, -0.05) is 19.8 Å². The first-order valence-electron chi connectivity index (χ1n) is 5.37. The van der Waals surface area contributed by atoms with E-state index in [0.29, 0.717) is 0 Å². The van der Waals surface area contributed by atoms with Gasteiger partial charge >= 0.3 is 0 Å². The molecule has 1 heterocycles. The molecule has 0 saturated heterocycles. The molecule has 0 fully saturated rings. The topological polar surface area (TPSA) is 0 Å². The summed E-state index contributed by atoms with van der Waals surface area (Å²) < 4.78 is 0. The first-order chi connectivity index (χ1) is 6.74. The smallest absolute Gasteiger partial charge is 0.0195 e. The number of thiophene rings is 1. The zero-order valence-corrected chi connectivity index (χ0v) is 11.1. The van der Waals surface area contributed by atoms with Crippen molar-refractivity contribution in [1.82, 2.24) is 0 Å². The maximum Gasteiger partial charge on any atom is 0.0195 e. The fraction of sp³-hybridized carbons (Fsp3) is 0.667. The first-order valence-corrected chi connectivity index (χ1v) is 7.34. The molecule has 1 aromatic heterocycles. The fourth-order valence-corrected chi connectivity index (χ4v) is 3.57. The average Bonchev–Trinajstić information content (AvgIpc) is 2.45. The van der Waals surface area contributed by atoms with Crippen LogP contribution in [0.1, 0.15) is 41.5 Å². The van der Waals surface area contributed by atoms with Gasteiger partial charge in [-0.3, -0.25) is 0 Å². The van der Waals surface area contributed by atoms with Crippen molar-refractivity contribution in [3.05, 3.63) is 21.4 Å². The molecule has 1 aromatic rings. The van der Waals surface area contributed by atoms with Crippen LogP contribution in [0.3, 0.4) is 0 Å². The van der Waals surface area contributed by atoms with Gasteiger partial charge in [-0.05, 0) is 37.7 Å². The van der Waals surface area contributed by atoms with Crippen molar-refractivity contribution in [3.8, 4) is 0 Å². The van der Waals surface area contributed by atoms with Gasteiger partial charge in [0, 0.05) is 15.5 Å². The summed E-state index contributed by atoms with van der Waals surface area (Å²) in [7, 11) is 0. The van der Waals surface area contributed by atoms with Gasteiger partial charge in [-0.25, -0.2) is 0 Å². The molecule has 14 heavy (non-hydrogen) atoms. The average molecular weight is 228 g/mol. The fourth-order valence-electron chi connectivity index (χ4n) is 1.46. The van der Waals surface area contributed by atoms with Crippen molar-refractivity contribution < 1.29 is 0 Å². The second-order valence-corrected chi connectivity index (χ2v) is 6.26. The van der Waals surface area contributed by atoms with Crippen LogP contribution in [0.2, 0.25) is 0 Å². The van der Waals surface area contributed by atoms with Crippen molar-refractivity contribution in [3.63, 3.8) is 0 Å². The molecule has 0 N–H and O–H groups in total. The predicted octanol–water partition coefficient (Wildman–Crippen LogP) is 4.79. The molecule has 0 bridgehead atoms. The van der Waals surface area contributed by atoms with E-state index in [1.165, 1.54) is 40.5 Å². The highest BCUT2D eigenvalue weighted by atomic mass is 32.2. The molecule has 0 amide bonds. The largest absolute Gasteiger partial charge is 0.157 e. The van der Waals surface area contributed by atoms with Crippen LogP contribution in [0.4, 0.5) is 0 Å². The Bertz CT molecular complexity index is 263. The quantitative estimate of drug-likeness (QED) is 0.631. The van der Waals surface area contributed by atoms with E-state index in [0.717, 1.165) is 0 Å². The third-order valence-electron chi connectivity index (χ3n) is 2.29. The lowest BCUT2D eigenvalue weighted by Gasteiger charge is -2.00. The van der Waals surface area contributed by atoms with E-state index in [1.54, 1.807) is 5.56 Å². The summed E-state index contributed by atoms with van der Waals surface area (Å²) in [6.07, 6.45) is 4.09. The van der Waals surface area contributed by atoms with E-state index < -0.39 is 0 Å². The molecule has 0 aliphatic carbocycles. The number of hydrogen-bond acceptors (Lipinski definition) is 2. The maximum absolute atomic E-state index is 2.34. The SMILES string of the molecule is CCCCCSCc1cc(C)sc1C. The molecule has 0 aliphatic rings. The molecule has 0 unspecified atom stereocenters. The summed E-state index contributed by atoms with van der Waals surface area (Å²) in [5.74, 6) is 2.53. The maximum atomic E-state index is 2.34. The van der Waals surface area contributed by atoms with Gasteiger partial charge < -0.3 is 0 Å². The molecule has 0 saturated carbocycles. The lowest BCUT2D eigenvalue weighted by Crippen LogP contribution is -1.83. The Morgan fingerprint density at radius 1 is 1.29 bits per heavy atom. The Hall–Kier alpha value is 0.0500. The third-order valence-corrected chi connectivity index (χ3v) is 4.39. The summed E-state index contributed by atoms with van der Waals surface area (Å²) in [6, 6.07) is 2.34. The molecule has 1 rings (SSSR count). The van der Waals surface area contributed by atoms with Crippen LogP contribution < -0.4 is 0 Å². The molecule has 0 aromatic carbocycles. The van der Waals surface area contributed by atoms with E-state index in [1.807, 2.05) is 11.3 Å². The van der Waals surface area contributed by atoms with E-state index >= 15 is 0 Å². The zero-order valence-electron chi connectivity index (χ0n) is 9.43. The molecule has 0 atom stereocenters. The monoisotopic (exact) mass is 228 g/mol. The van der Waals surface area contributed by atoms with Gasteiger partial charge in [0.15, 0.2) is 0 Å². The van der Waals surface area contributed by atoms with Crippen molar-refractivity contribution >= 4 is 23.1 Å². The molecule has 0 spiro atoms. The van der Waals surface area contributed by atoms with Gasteiger partial charge in [0.1, 0.15) is 0 Å². The summed E-state index contributed by atoms with van der Waals surface area (Å²) in [5.41, 5.74) is 1.55. The molecular weight excluding hydrogens is 208 g/mol. The lowest BCUT2D eigenvalue weighted by atomic mass is 10.3. The van der Waals surface area contributed by atoms with Crippen molar-refractivity contribution in [2.75, 3.05) is 5.75 Å². The minimum atomic E-state index is 1.21. The van der Waals surface area contributed by atoms with Crippen molar-refractivity contribution in [2.24, 2.45) is 0 Å². The van der Waals surface area contributed by atoms with Crippen LogP contribution in [-0.4, -0.2) is 5.75 Å². The van der Waals surface area contributed by atoms with Crippen molar-refractivity contribution in [1.29, 1.82) is 0 Å². The molecule has 0 nitrogen and oxygen atoms in total. The van der Waals surface area contributed by atoms with E-state index in [9.17, 15) is 0 Å². The predicted molar refractivity (Wildman–Crippen MR) is 69.5 cm³/mol. The van der Waals surface area contributed by atoms with Crippen LogP contribution in [0.25, 0.3) is 0 Å². The minimum Gasteiger partial charge on any atom is -0.157 e. The normalized spacial score (nSPS) is 10.8. The summed E-state index contributed by atoms with van der Waals surface area (Å²) in [4.78, 5) is 2.96. The van der Waals surface area contributed by atoms with E-state index in [4.69, 9.17) is 0 Å². The second kappa shape index (κ2) is 6.52. The first kappa shape index (κ1) is 12.1. The van der Waals surface area contributed by atoms with Crippen LogP contribution in [-0.2, 0) is 5.75 Å². The minimum absolute atomic E-state index is 1.21. The van der Waals surface area contributed by atoms with Crippen molar-refractivity contribution in [2.45, 2.75) is 45.8 Å². The number of thioether (sulfide) groups is 1. The number of unbranched alkanes of at least 4 members (excludes halogenated alkanes) is 2. The summed E-state index contributed by atoms with van der Waals surface area (Å²) in [6.45, 7) is 6.69. The Morgan fingerprint density at radius 3 is 2.64 bits per heavy atom. The Kier molecular flexibility index (Phi) is 5.64. The van der Waals surface area contributed by atoms with Crippen LogP contribution in [0.5, 0.6) is 0 Å². The van der Waals surface area contributed by atoms with Crippen LogP contribution in [0, 0.1) is 13.8 Å². The molecule has 0 aliphatic heterocycles. The molecule has 2 heteroatoms. The van der Waals surface area contributed by atoms with Gasteiger partial charge in [0.05, 0.1) is 0 Å². The highest BCUT2D eigenvalue weighted by molar-refractivity contribution is 7.98. The Balaban J connectivity index is 2.21. The van der Waals surface area contributed by atoms with Gasteiger partial charge in [-0.2, -0.15) is 11.8 Å². The molecule has 80 valence electrons. The molecular formula is C12H20S2. The zero-order chi connectivity index (χ0) is 10.4. The van der Waals surface area contributed by atoms with E-state index in [2.05, 4.69) is 38.6 Å². The Labute approximate surface area is 96.1 Å². The number of hydrogen-bond donors (Lipinski definition) is 0. The molecule has 0 radical (unpaired) electrons. The van der Waals surface area contributed by atoms with E-state index in [-0.39, 0.29) is 0 Å².